The SMILES string of the molecule is [3H]N[C@@H]1CC2CC1[C@@H](C)[C@H]2C.[3H]N[C@@H]1CC2CC1[C@H](C)[C@@H]2C.[B].[B]. The molecule has 4 aliphatic carbocycles. The molecule has 4 aliphatic rings. The van der Waals surface area contributed by atoms with Crippen molar-refractivity contribution in [2.75, 3.05) is 0 Å². The zero-order chi connectivity index (χ0) is 16.0. The Morgan fingerprint density at radius 2 is 1.00 bits per heavy atom. The zero-order valence-electron chi connectivity index (χ0n) is 16.8. The summed E-state index contributed by atoms with van der Waals surface area (Å²) in [6.07, 6.45) is 5.25. The third-order valence-corrected chi connectivity index (χ3v) is 7.79. The largest absolute Gasteiger partial charge is 0.327 e. The van der Waals surface area contributed by atoms with Crippen molar-refractivity contribution in [3.05, 3.63) is 0 Å². The molecule has 22 heavy (non-hydrogen) atoms. The van der Waals surface area contributed by atoms with Crippen molar-refractivity contribution in [3.8, 4) is 0 Å². The second kappa shape index (κ2) is 7.30. The Balaban J connectivity index is 0.000000222. The first-order valence-corrected chi connectivity index (χ1v) is 8.82. The van der Waals surface area contributed by atoms with Crippen LogP contribution >= 0.6 is 0 Å². The molecule has 0 amide bonds. The molecule has 0 saturated heterocycles. The van der Waals surface area contributed by atoms with Crippen LogP contribution in [0.25, 0.3) is 0 Å². The van der Waals surface area contributed by atoms with Crippen molar-refractivity contribution in [3.63, 3.8) is 0 Å². The Labute approximate surface area is 144 Å². The first-order valence-electron chi connectivity index (χ1n) is 9.82. The smallest absolute Gasteiger partial charge is 0.119 e. The van der Waals surface area contributed by atoms with Gasteiger partial charge in [-0.1, -0.05) is 27.7 Å². The molecule has 4 heteroatoms. The van der Waals surface area contributed by atoms with Gasteiger partial charge in [-0.2, -0.15) is 0 Å². The predicted molar refractivity (Wildman–Crippen MR) is 96.5 cm³/mol. The maximum Gasteiger partial charge on any atom is 0.119 e. The topological polar surface area (TPSA) is 52.0 Å². The fraction of sp³-hybridized carbons (Fsp3) is 1.00. The second-order valence-corrected chi connectivity index (χ2v) is 8.44. The number of hydrogen-bond acceptors (Lipinski definition) is 2. The van der Waals surface area contributed by atoms with Gasteiger partial charge < -0.3 is 11.5 Å². The van der Waals surface area contributed by atoms with Crippen LogP contribution in [0.2, 0.25) is 2.82 Å². The van der Waals surface area contributed by atoms with Gasteiger partial charge in [0.1, 0.15) is 2.82 Å². The van der Waals surface area contributed by atoms with Gasteiger partial charge in [-0.05, 0) is 73.0 Å². The Kier molecular flexibility index (Phi) is 5.60. The van der Waals surface area contributed by atoms with E-state index >= 15 is 0 Å². The van der Waals surface area contributed by atoms with Gasteiger partial charge >= 0.3 is 0 Å². The van der Waals surface area contributed by atoms with E-state index in [1.165, 1.54) is 25.7 Å². The minimum atomic E-state index is 0. The first kappa shape index (κ1) is 16.9. The summed E-state index contributed by atoms with van der Waals surface area (Å²) in [7, 11) is 0. The standard InChI is InChI=1S/2C9H17N.2B/c2*1-5-6(2)8-3-7(5)4-9(8)10;;/h2*5-9H,3-4,10H2,1-2H3;;/t5-,6+,7?,8?,9+;5-,6+,7?,8?,9-;;/m01../s1/i/hT2. The third-order valence-electron chi connectivity index (χ3n) is 7.79. The van der Waals surface area contributed by atoms with E-state index in [0.717, 1.165) is 47.3 Å². The van der Waals surface area contributed by atoms with Gasteiger partial charge in [0.25, 0.3) is 0 Å². The lowest BCUT2D eigenvalue weighted by atomic mass is 9.79. The van der Waals surface area contributed by atoms with Crippen molar-refractivity contribution in [2.45, 2.75) is 65.5 Å². The minimum Gasteiger partial charge on any atom is -0.327 e. The highest BCUT2D eigenvalue weighted by Gasteiger charge is 2.47. The van der Waals surface area contributed by atoms with E-state index in [0.29, 0.717) is 12.1 Å². The number of hydrogen-bond donors (Lipinski definition) is 2. The molecule has 10 atom stereocenters. The molecule has 4 rings (SSSR count). The lowest BCUT2D eigenvalue weighted by Crippen LogP contribution is -2.34. The Morgan fingerprint density at radius 3 is 1.23 bits per heavy atom. The normalized spacial score (nSPS) is 55.5. The highest BCUT2D eigenvalue weighted by molar-refractivity contribution is 5.76. The molecule has 0 aromatic rings. The molecular formula is C18H34B2N2. The predicted octanol–water partition coefficient (Wildman–Crippen LogP) is 2.49. The van der Waals surface area contributed by atoms with E-state index in [-0.39, 0.29) is 16.8 Å². The van der Waals surface area contributed by atoms with E-state index in [2.05, 4.69) is 39.1 Å². The molecule has 0 spiro atoms. The van der Waals surface area contributed by atoms with Crippen LogP contribution in [0.3, 0.4) is 0 Å². The summed E-state index contributed by atoms with van der Waals surface area (Å²) in [5, 5.41) is 0. The van der Waals surface area contributed by atoms with Crippen LogP contribution in [0.4, 0.5) is 0 Å². The molecule has 2 nitrogen and oxygen atoms in total. The highest BCUT2D eigenvalue weighted by Crippen LogP contribution is 2.51. The monoisotopic (exact) mass is 304 g/mol. The average Bonchev–Trinajstić information content (AvgIpc) is 3.25. The van der Waals surface area contributed by atoms with Gasteiger partial charge in [-0.3, -0.25) is 0 Å². The van der Waals surface area contributed by atoms with Crippen LogP contribution in [-0.4, -0.2) is 28.9 Å². The fourth-order valence-electron chi connectivity index (χ4n) is 5.88. The zero-order valence-corrected chi connectivity index (χ0v) is 14.8. The van der Waals surface area contributed by atoms with Crippen molar-refractivity contribution >= 4 is 16.8 Å². The van der Waals surface area contributed by atoms with Gasteiger partial charge in [0.05, 0.1) is 0 Å². The molecule has 0 aliphatic heterocycles. The minimum absolute atomic E-state index is 0. The van der Waals surface area contributed by atoms with E-state index in [1.807, 2.05) is 0 Å². The van der Waals surface area contributed by atoms with Gasteiger partial charge in [-0.15, -0.1) is 0 Å². The van der Waals surface area contributed by atoms with E-state index in [1.54, 1.807) is 0 Å². The summed E-state index contributed by atoms with van der Waals surface area (Å²) in [5.41, 5.74) is 5.39. The fourth-order valence-corrected chi connectivity index (χ4v) is 5.88. The van der Waals surface area contributed by atoms with Crippen LogP contribution in [0.5, 0.6) is 0 Å². The molecule has 4 saturated carbocycles. The molecule has 4 bridgehead atoms. The van der Waals surface area contributed by atoms with E-state index < -0.39 is 0 Å². The summed E-state index contributed by atoms with van der Waals surface area (Å²) in [6.45, 7) is 9.43. The summed E-state index contributed by atoms with van der Waals surface area (Å²) in [6, 6.07) is 1.01. The Morgan fingerprint density at radius 1 is 0.636 bits per heavy atom. The lowest BCUT2D eigenvalue weighted by molar-refractivity contribution is 0.234. The van der Waals surface area contributed by atoms with E-state index in [4.69, 9.17) is 2.82 Å². The number of rotatable bonds is 2. The maximum atomic E-state index is 7.16. The molecule has 0 aromatic heterocycles. The molecular weight excluding hydrogens is 266 g/mol. The molecule has 0 aromatic carbocycles. The lowest BCUT2D eigenvalue weighted by Gasteiger charge is -2.29. The summed E-state index contributed by atoms with van der Waals surface area (Å²) in [4.78, 5) is 0. The van der Waals surface area contributed by atoms with Crippen molar-refractivity contribution < 1.29 is 2.82 Å². The van der Waals surface area contributed by atoms with Crippen LogP contribution in [0.1, 0.15) is 53.4 Å². The van der Waals surface area contributed by atoms with Crippen LogP contribution < -0.4 is 11.5 Å². The third kappa shape index (κ3) is 3.15. The number of nitrogens with two attached hydrogens (primary N) is 2. The molecule has 0 heterocycles. The van der Waals surface area contributed by atoms with Crippen molar-refractivity contribution in [1.29, 1.82) is 0 Å². The van der Waals surface area contributed by atoms with Crippen molar-refractivity contribution in [1.82, 2.24) is 0 Å². The van der Waals surface area contributed by atoms with Gasteiger partial charge in [0.2, 0.25) is 0 Å². The molecule has 4 unspecified atom stereocenters. The van der Waals surface area contributed by atoms with Crippen LogP contribution in [-0.2, 0) is 0 Å². The molecule has 122 valence electrons. The summed E-state index contributed by atoms with van der Waals surface area (Å²) in [5.74, 6) is 6.93. The average molecular weight is 304 g/mol. The first-order chi connectivity index (χ1) is 10.5. The van der Waals surface area contributed by atoms with Crippen LogP contribution in [0, 0.1) is 47.3 Å². The van der Waals surface area contributed by atoms with Crippen LogP contribution in [0.15, 0.2) is 0 Å². The Bertz CT molecular complexity index is 353. The maximum absolute atomic E-state index is 7.16. The van der Waals surface area contributed by atoms with Gasteiger partial charge in [0.15, 0.2) is 0 Å². The summed E-state index contributed by atoms with van der Waals surface area (Å²) >= 11 is 0. The molecule has 6 radical (unpaired) electrons. The number of fused-ring (bicyclic) bond motifs is 4. The molecule has 4 fully saturated rings. The second-order valence-electron chi connectivity index (χ2n) is 8.44. The molecule has 4 N–H and O–H groups in total. The summed E-state index contributed by atoms with van der Waals surface area (Å²) < 4.78 is 14.3. The van der Waals surface area contributed by atoms with Gasteiger partial charge in [-0.25, -0.2) is 0 Å². The highest BCUT2D eigenvalue weighted by atomic mass is 14.7. The van der Waals surface area contributed by atoms with Gasteiger partial charge in [0, 0.05) is 28.9 Å². The Hall–Kier alpha value is 0.0499. The van der Waals surface area contributed by atoms with E-state index in [9.17, 15) is 0 Å². The van der Waals surface area contributed by atoms with Crippen molar-refractivity contribution in [2.24, 2.45) is 58.8 Å². The quantitative estimate of drug-likeness (QED) is 0.770.